The van der Waals surface area contributed by atoms with Gasteiger partial charge in [0.2, 0.25) is 5.91 Å². The molecule has 0 saturated heterocycles. The van der Waals surface area contributed by atoms with E-state index in [1.54, 1.807) is 6.08 Å². The van der Waals surface area contributed by atoms with Gasteiger partial charge in [-0.25, -0.2) is 0 Å². The Morgan fingerprint density at radius 1 is 0.397 bits per heavy atom. The number of unbranched alkanes of at least 4 members (excludes halogenated alkanes) is 44. The Balaban J connectivity index is 3.40. The fourth-order valence-electron chi connectivity index (χ4n) is 9.51. The molecule has 0 aromatic heterocycles. The van der Waals surface area contributed by atoms with Gasteiger partial charge in [-0.3, -0.25) is 9.59 Å². The minimum Gasteiger partial charge on any atom is -0.466 e. The molecule has 402 valence electrons. The summed E-state index contributed by atoms with van der Waals surface area (Å²) >= 11 is 0. The molecule has 0 aromatic rings. The standard InChI is InChI=1S/C62H119NO5/c1-3-5-7-9-11-13-15-17-18-28-31-34-38-42-46-50-54-60(65)59(58-64)63-61(66)55-51-47-43-39-35-32-29-26-24-22-20-19-21-23-25-27-30-33-37-41-45-49-53-57-68-62(67)56-52-48-44-40-36-16-14-12-10-8-6-4-2/h12,14,50,54,59-60,64-65H,3-11,13,15-49,51-53,55-58H2,1-2H3,(H,63,66)/b14-12-,54-50+. The molecule has 68 heavy (non-hydrogen) atoms. The SMILES string of the molecule is CCCCC/C=C\CCCCCCCC(=O)OCCCCCCCCCCCCCCCCCCCCCCCCCC(=O)NC(CO)C(O)/C=C/CCCCCCCCCCCCCCCC. The average molecular weight is 959 g/mol. The highest BCUT2D eigenvalue weighted by Gasteiger charge is 2.18. The van der Waals surface area contributed by atoms with E-state index in [1.165, 1.54) is 263 Å². The second-order valence-electron chi connectivity index (χ2n) is 21.0. The Labute approximate surface area is 424 Å². The Hall–Kier alpha value is -1.66. The summed E-state index contributed by atoms with van der Waals surface area (Å²) < 4.78 is 5.47. The lowest BCUT2D eigenvalue weighted by atomic mass is 10.0. The monoisotopic (exact) mass is 958 g/mol. The van der Waals surface area contributed by atoms with Gasteiger partial charge in [0.15, 0.2) is 0 Å². The van der Waals surface area contributed by atoms with E-state index in [-0.39, 0.29) is 18.5 Å². The smallest absolute Gasteiger partial charge is 0.305 e. The molecule has 0 radical (unpaired) electrons. The second kappa shape index (κ2) is 57.9. The first-order chi connectivity index (χ1) is 33.5. The fourth-order valence-corrected chi connectivity index (χ4v) is 9.51. The summed E-state index contributed by atoms with van der Waals surface area (Å²) in [5, 5.41) is 23.1. The van der Waals surface area contributed by atoms with E-state index in [4.69, 9.17) is 4.74 Å². The van der Waals surface area contributed by atoms with Gasteiger partial charge in [0, 0.05) is 12.8 Å². The molecule has 0 aliphatic rings. The number of nitrogens with one attached hydrogen (secondary N) is 1. The lowest BCUT2D eigenvalue weighted by molar-refractivity contribution is -0.143. The number of carbonyl (C=O) groups is 2. The zero-order valence-corrected chi connectivity index (χ0v) is 45.9. The van der Waals surface area contributed by atoms with E-state index in [0.717, 1.165) is 44.9 Å². The van der Waals surface area contributed by atoms with Crippen molar-refractivity contribution in [3.05, 3.63) is 24.3 Å². The van der Waals surface area contributed by atoms with Crippen LogP contribution in [0.1, 0.15) is 335 Å². The maximum Gasteiger partial charge on any atom is 0.305 e. The van der Waals surface area contributed by atoms with Gasteiger partial charge in [-0.1, -0.05) is 289 Å². The minimum absolute atomic E-state index is 0.00397. The van der Waals surface area contributed by atoms with Crippen molar-refractivity contribution in [3.63, 3.8) is 0 Å². The molecule has 0 saturated carbocycles. The first kappa shape index (κ1) is 66.3. The van der Waals surface area contributed by atoms with Crippen LogP contribution in [0, 0.1) is 0 Å². The van der Waals surface area contributed by atoms with Crippen LogP contribution in [0.15, 0.2) is 24.3 Å². The minimum atomic E-state index is -0.844. The van der Waals surface area contributed by atoms with Gasteiger partial charge in [0.25, 0.3) is 0 Å². The van der Waals surface area contributed by atoms with Crippen molar-refractivity contribution in [3.8, 4) is 0 Å². The van der Waals surface area contributed by atoms with Crippen molar-refractivity contribution in [1.29, 1.82) is 0 Å². The van der Waals surface area contributed by atoms with Crippen molar-refractivity contribution in [2.45, 2.75) is 347 Å². The maximum absolute atomic E-state index is 12.5. The highest BCUT2D eigenvalue weighted by atomic mass is 16.5. The van der Waals surface area contributed by atoms with Gasteiger partial charge in [-0.15, -0.1) is 0 Å². The second-order valence-corrected chi connectivity index (χ2v) is 21.0. The Morgan fingerprint density at radius 2 is 0.691 bits per heavy atom. The molecular formula is C62H119NO5. The summed E-state index contributed by atoms with van der Waals surface area (Å²) in [6.45, 7) is 4.89. The number of aliphatic hydroxyl groups is 2. The van der Waals surface area contributed by atoms with Crippen LogP contribution >= 0.6 is 0 Å². The molecule has 6 nitrogen and oxygen atoms in total. The van der Waals surface area contributed by atoms with Crippen LogP contribution in [0.25, 0.3) is 0 Å². The number of allylic oxidation sites excluding steroid dienone is 3. The summed E-state index contributed by atoms with van der Waals surface area (Å²) in [4.78, 5) is 24.5. The third kappa shape index (κ3) is 53.7. The van der Waals surface area contributed by atoms with Gasteiger partial charge in [-0.2, -0.15) is 0 Å². The predicted molar refractivity (Wildman–Crippen MR) is 296 cm³/mol. The molecule has 0 fully saturated rings. The van der Waals surface area contributed by atoms with Crippen LogP contribution in [-0.4, -0.2) is 47.4 Å². The quantitative estimate of drug-likeness (QED) is 0.0321. The summed E-state index contributed by atoms with van der Waals surface area (Å²) in [5.74, 6) is -0.0616. The van der Waals surface area contributed by atoms with Crippen LogP contribution in [0.2, 0.25) is 0 Å². The molecule has 6 heteroatoms. The van der Waals surface area contributed by atoms with Crippen LogP contribution in [0.5, 0.6) is 0 Å². The van der Waals surface area contributed by atoms with E-state index in [9.17, 15) is 19.8 Å². The highest BCUT2D eigenvalue weighted by molar-refractivity contribution is 5.76. The highest BCUT2D eigenvalue weighted by Crippen LogP contribution is 2.18. The van der Waals surface area contributed by atoms with Gasteiger partial charge >= 0.3 is 5.97 Å². The average Bonchev–Trinajstić information content (AvgIpc) is 3.34. The Bertz CT molecular complexity index is 1060. The largest absolute Gasteiger partial charge is 0.466 e. The van der Waals surface area contributed by atoms with Gasteiger partial charge in [0.05, 0.1) is 25.4 Å². The topological polar surface area (TPSA) is 95.9 Å². The van der Waals surface area contributed by atoms with Gasteiger partial charge in [0.1, 0.15) is 0 Å². The van der Waals surface area contributed by atoms with Crippen molar-refractivity contribution >= 4 is 11.9 Å². The first-order valence-electron chi connectivity index (χ1n) is 30.6. The van der Waals surface area contributed by atoms with Crippen molar-refractivity contribution in [1.82, 2.24) is 5.32 Å². The first-order valence-corrected chi connectivity index (χ1v) is 30.6. The fraction of sp³-hybridized carbons (Fsp3) is 0.903. The van der Waals surface area contributed by atoms with Crippen LogP contribution in [-0.2, 0) is 14.3 Å². The molecule has 0 spiro atoms. The third-order valence-electron chi connectivity index (χ3n) is 14.2. The summed E-state index contributed by atoms with van der Waals surface area (Å²) in [7, 11) is 0. The van der Waals surface area contributed by atoms with Crippen molar-refractivity contribution < 1.29 is 24.5 Å². The van der Waals surface area contributed by atoms with E-state index < -0.39 is 12.1 Å². The van der Waals surface area contributed by atoms with Crippen molar-refractivity contribution in [2.75, 3.05) is 13.2 Å². The molecule has 0 aromatic carbocycles. The Morgan fingerprint density at radius 3 is 1.07 bits per heavy atom. The Kier molecular flexibility index (Phi) is 56.5. The van der Waals surface area contributed by atoms with E-state index in [0.29, 0.717) is 19.4 Å². The number of hydrogen-bond donors (Lipinski definition) is 3. The summed E-state index contributed by atoms with van der Waals surface area (Å²) in [6, 6.07) is -0.627. The number of aliphatic hydroxyl groups excluding tert-OH is 2. The lowest BCUT2D eigenvalue weighted by Crippen LogP contribution is -2.45. The van der Waals surface area contributed by atoms with Crippen molar-refractivity contribution in [2.24, 2.45) is 0 Å². The molecule has 0 rings (SSSR count). The number of ether oxygens (including phenoxy) is 1. The zero-order valence-electron chi connectivity index (χ0n) is 45.9. The number of carbonyl (C=O) groups excluding carboxylic acids is 2. The molecule has 2 unspecified atom stereocenters. The molecule has 0 aliphatic heterocycles. The van der Waals surface area contributed by atoms with Crippen LogP contribution in [0.3, 0.4) is 0 Å². The maximum atomic E-state index is 12.5. The molecule has 3 N–H and O–H groups in total. The van der Waals surface area contributed by atoms with E-state index in [1.807, 2.05) is 6.08 Å². The van der Waals surface area contributed by atoms with E-state index in [2.05, 4.69) is 31.3 Å². The molecule has 1 amide bonds. The molecule has 2 atom stereocenters. The van der Waals surface area contributed by atoms with Gasteiger partial charge in [-0.05, 0) is 57.8 Å². The van der Waals surface area contributed by atoms with Crippen LogP contribution < -0.4 is 5.32 Å². The van der Waals surface area contributed by atoms with Crippen LogP contribution in [0.4, 0.5) is 0 Å². The normalized spacial score (nSPS) is 12.7. The summed E-state index contributed by atoms with van der Waals surface area (Å²) in [5.41, 5.74) is 0. The lowest BCUT2D eigenvalue weighted by Gasteiger charge is -2.20. The third-order valence-corrected chi connectivity index (χ3v) is 14.2. The number of hydrogen-bond acceptors (Lipinski definition) is 5. The molecule has 0 heterocycles. The van der Waals surface area contributed by atoms with E-state index >= 15 is 0 Å². The molecule has 0 bridgehead atoms. The van der Waals surface area contributed by atoms with Gasteiger partial charge < -0.3 is 20.3 Å². The number of amides is 1. The number of esters is 1. The molecular weight excluding hydrogens is 839 g/mol. The molecule has 0 aliphatic carbocycles. The zero-order chi connectivity index (χ0) is 49.3. The summed E-state index contributed by atoms with van der Waals surface area (Å²) in [6.07, 6.45) is 70.7. The predicted octanol–water partition coefficient (Wildman–Crippen LogP) is 19.0. The number of rotatable bonds is 57.